The molecule has 0 unspecified atom stereocenters. The maximum atomic E-state index is 10.5. The van der Waals surface area contributed by atoms with Gasteiger partial charge in [-0.1, -0.05) is 40.2 Å². The molecule has 1 saturated heterocycles. The van der Waals surface area contributed by atoms with Gasteiger partial charge in [0.15, 0.2) is 0 Å². The van der Waals surface area contributed by atoms with E-state index in [-0.39, 0.29) is 17.6 Å². The fourth-order valence-electron chi connectivity index (χ4n) is 4.77. The summed E-state index contributed by atoms with van der Waals surface area (Å²) in [6, 6.07) is 0. The molecule has 2 aliphatic carbocycles. The first kappa shape index (κ1) is 12.7. The minimum absolute atomic E-state index is 0.210. The molecule has 2 saturated carbocycles. The third-order valence-corrected chi connectivity index (χ3v) is 6.32. The molecule has 2 heteroatoms. The topological polar surface area (TPSA) is 32.8 Å². The predicted octanol–water partition coefficient (Wildman–Crippen LogP) is 3.30. The van der Waals surface area contributed by atoms with Crippen LogP contribution in [0.2, 0.25) is 0 Å². The van der Waals surface area contributed by atoms with Gasteiger partial charge in [0.2, 0.25) is 0 Å². The second-order valence-electron chi connectivity index (χ2n) is 6.89. The Morgan fingerprint density at radius 2 is 2.17 bits per heavy atom. The standard InChI is InChI=1S/C16H26O2/c1-5-10(2)16-13(17)9-12-8-6-7-11(3)15(12,4)14(16)18-16/h11-14,17H,2,5-9H2,1,3-4H3/t11-,12+,13+,14-,15+,16+/m1/s1. The fraction of sp³-hybridized carbons (Fsp3) is 0.875. The summed E-state index contributed by atoms with van der Waals surface area (Å²) in [5, 5.41) is 10.5. The molecule has 18 heavy (non-hydrogen) atoms. The Morgan fingerprint density at radius 3 is 2.83 bits per heavy atom. The van der Waals surface area contributed by atoms with Crippen LogP contribution in [0.4, 0.5) is 0 Å². The summed E-state index contributed by atoms with van der Waals surface area (Å²) in [4.78, 5) is 0. The molecule has 0 amide bonds. The molecule has 0 spiro atoms. The zero-order valence-corrected chi connectivity index (χ0v) is 11.9. The van der Waals surface area contributed by atoms with Gasteiger partial charge in [0.25, 0.3) is 0 Å². The van der Waals surface area contributed by atoms with Gasteiger partial charge in [-0.25, -0.2) is 0 Å². The Balaban J connectivity index is 1.95. The molecule has 3 rings (SSSR count). The van der Waals surface area contributed by atoms with E-state index < -0.39 is 5.60 Å². The highest BCUT2D eigenvalue weighted by Gasteiger charge is 2.74. The summed E-state index contributed by atoms with van der Waals surface area (Å²) in [6.07, 6.45) is 5.55. The van der Waals surface area contributed by atoms with E-state index >= 15 is 0 Å². The van der Waals surface area contributed by atoms with Crippen molar-refractivity contribution < 1.29 is 9.84 Å². The first-order valence-electron chi connectivity index (χ1n) is 7.52. The van der Waals surface area contributed by atoms with Crippen molar-refractivity contribution in [1.29, 1.82) is 0 Å². The normalized spacial score (nSPS) is 54.4. The van der Waals surface area contributed by atoms with Gasteiger partial charge in [0.05, 0.1) is 6.10 Å². The van der Waals surface area contributed by atoms with E-state index in [2.05, 4.69) is 27.4 Å². The highest BCUT2D eigenvalue weighted by Crippen LogP contribution is 2.66. The van der Waals surface area contributed by atoms with E-state index in [1.807, 2.05) is 0 Å². The third kappa shape index (κ3) is 1.31. The average molecular weight is 250 g/mol. The molecular formula is C16H26O2. The molecule has 3 fully saturated rings. The second kappa shape index (κ2) is 3.83. The van der Waals surface area contributed by atoms with Crippen LogP contribution in [0.5, 0.6) is 0 Å². The van der Waals surface area contributed by atoms with Crippen LogP contribution in [0.3, 0.4) is 0 Å². The monoisotopic (exact) mass is 250 g/mol. The molecule has 1 aliphatic heterocycles. The van der Waals surface area contributed by atoms with Crippen molar-refractivity contribution in [2.75, 3.05) is 0 Å². The highest BCUT2D eigenvalue weighted by molar-refractivity contribution is 5.34. The van der Waals surface area contributed by atoms with Gasteiger partial charge >= 0.3 is 0 Å². The lowest BCUT2D eigenvalue weighted by Gasteiger charge is -2.50. The Kier molecular flexibility index (Phi) is 2.70. The van der Waals surface area contributed by atoms with E-state index in [0.717, 1.165) is 18.4 Å². The summed E-state index contributed by atoms with van der Waals surface area (Å²) in [7, 11) is 0. The third-order valence-electron chi connectivity index (χ3n) is 6.32. The largest absolute Gasteiger partial charge is 0.390 e. The number of aliphatic hydroxyl groups excluding tert-OH is 1. The minimum atomic E-state index is -0.397. The zero-order valence-electron chi connectivity index (χ0n) is 11.9. The molecule has 0 aromatic rings. The molecule has 102 valence electrons. The SMILES string of the molecule is C=C(CC)[C@@]12O[C@@H]1[C@]1(C)[C@@H](CCC[C@H]1C)C[C@@H]2O. The Labute approximate surface area is 110 Å². The number of hydrogen-bond donors (Lipinski definition) is 1. The van der Waals surface area contributed by atoms with Crippen LogP contribution < -0.4 is 0 Å². The fourth-order valence-corrected chi connectivity index (χ4v) is 4.77. The number of epoxide rings is 1. The number of hydrogen-bond acceptors (Lipinski definition) is 2. The maximum absolute atomic E-state index is 10.5. The molecule has 0 bridgehead atoms. The quantitative estimate of drug-likeness (QED) is 0.602. The second-order valence-corrected chi connectivity index (χ2v) is 6.89. The van der Waals surface area contributed by atoms with E-state index in [4.69, 9.17) is 4.74 Å². The van der Waals surface area contributed by atoms with Crippen LogP contribution in [0.25, 0.3) is 0 Å². The Hall–Kier alpha value is -0.340. The van der Waals surface area contributed by atoms with Crippen molar-refractivity contribution in [3.05, 3.63) is 12.2 Å². The lowest BCUT2D eigenvalue weighted by molar-refractivity contribution is -0.0316. The van der Waals surface area contributed by atoms with Gasteiger partial charge in [-0.05, 0) is 36.7 Å². The van der Waals surface area contributed by atoms with E-state index in [0.29, 0.717) is 11.8 Å². The van der Waals surface area contributed by atoms with E-state index in [9.17, 15) is 5.11 Å². The van der Waals surface area contributed by atoms with E-state index in [1.165, 1.54) is 19.3 Å². The molecule has 2 nitrogen and oxygen atoms in total. The van der Waals surface area contributed by atoms with Crippen molar-refractivity contribution in [3.63, 3.8) is 0 Å². The van der Waals surface area contributed by atoms with Gasteiger partial charge in [0, 0.05) is 5.41 Å². The predicted molar refractivity (Wildman–Crippen MR) is 72.3 cm³/mol. The number of ether oxygens (including phenoxy) is 1. The van der Waals surface area contributed by atoms with Crippen molar-refractivity contribution in [3.8, 4) is 0 Å². The molecule has 6 atom stereocenters. The molecule has 3 aliphatic rings. The molecule has 0 aromatic heterocycles. The molecular weight excluding hydrogens is 224 g/mol. The summed E-state index contributed by atoms with van der Waals surface area (Å²) in [6.45, 7) is 11.0. The van der Waals surface area contributed by atoms with Gasteiger partial charge in [-0.2, -0.15) is 0 Å². The summed E-state index contributed by atoms with van der Waals surface area (Å²) < 4.78 is 6.12. The van der Waals surface area contributed by atoms with Crippen molar-refractivity contribution in [1.82, 2.24) is 0 Å². The number of rotatable bonds is 2. The molecule has 0 radical (unpaired) electrons. The van der Waals surface area contributed by atoms with Crippen LogP contribution in [-0.4, -0.2) is 22.9 Å². The number of fused-ring (bicyclic) bond motifs is 3. The van der Waals surface area contributed by atoms with E-state index in [1.54, 1.807) is 0 Å². The highest BCUT2D eigenvalue weighted by atomic mass is 16.6. The maximum Gasteiger partial charge on any atom is 0.142 e. The van der Waals surface area contributed by atoms with Crippen LogP contribution in [-0.2, 0) is 4.74 Å². The minimum Gasteiger partial charge on any atom is -0.390 e. The van der Waals surface area contributed by atoms with Gasteiger partial charge in [0.1, 0.15) is 11.7 Å². The van der Waals surface area contributed by atoms with Gasteiger partial charge in [-0.3, -0.25) is 0 Å². The Bertz CT molecular complexity index is 377. The smallest absolute Gasteiger partial charge is 0.142 e. The zero-order chi connectivity index (χ0) is 13.1. The lowest BCUT2D eigenvalue weighted by Crippen LogP contribution is -2.53. The van der Waals surface area contributed by atoms with Crippen LogP contribution in [0, 0.1) is 17.3 Å². The first-order valence-corrected chi connectivity index (χ1v) is 7.52. The van der Waals surface area contributed by atoms with Crippen LogP contribution in [0.1, 0.15) is 52.9 Å². The van der Waals surface area contributed by atoms with Crippen molar-refractivity contribution >= 4 is 0 Å². The van der Waals surface area contributed by atoms with Gasteiger partial charge < -0.3 is 9.84 Å². The van der Waals surface area contributed by atoms with Gasteiger partial charge in [-0.15, -0.1) is 0 Å². The van der Waals surface area contributed by atoms with Crippen molar-refractivity contribution in [2.45, 2.75) is 70.7 Å². The Morgan fingerprint density at radius 1 is 1.44 bits per heavy atom. The molecule has 0 aromatic carbocycles. The first-order chi connectivity index (χ1) is 8.47. The molecule has 1 heterocycles. The summed E-state index contributed by atoms with van der Waals surface area (Å²) >= 11 is 0. The summed E-state index contributed by atoms with van der Waals surface area (Å²) in [5.41, 5.74) is 0.943. The van der Waals surface area contributed by atoms with Crippen molar-refractivity contribution in [2.24, 2.45) is 17.3 Å². The van der Waals surface area contributed by atoms with Crippen LogP contribution >= 0.6 is 0 Å². The molecule has 1 N–H and O–H groups in total. The number of aliphatic hydroxyl groups is 1. The average Bonchev–Trinajstić information content (AvgIpc) is 3.11. The lowest BCUT2D eigenvalue weighted by atomic mass is 9.52. The summed E-state index contributed by atoms with van der Waals surface area (Å²) in [5.74, 6) is 1.32. The van der Waals surface area contributed by atoms with Crippen LogP contribution in [0.15, 0.2) is 12.2 Å².